The lowest BCUT2D eigenvalue weighted by molar-refractivity contribution is 0.631. The molecule has 0 bridgehead atoms. The van der Waals surface area contributed by atoms with Gasteiger partial charge in [0.25, 0.3) is 0 Å². The van der Waals surface area contributed by atoms with Crippen molar-refractivity contribution in [1.29, 1.82) is 0 Å². The van der Waals surface area contributed by atoms with Gasteiger partial charge in [-0.25, -0.2) is 0 Å². The smallest absolute Gasteiger partial charge is 0.0592 e. The van der Waals surface area contributed by atoms with Crippen LogP contribution in [0.25, 0.3) is 0 Å². The zero-order chi connectivity index (χ0) is 8.55. The molecule has 1 aromatic rings. The summed E-state index contributed by atoms with van der Waals surface area (Å²) in [5.41, 5.74) is 7.03. The maximum atomic E-state index is 5.97. The van der Waals surface area contributed by atoms with E-state index in [-0.39, 0.29) is 6.04 Å². The molecule has 0 saturated heterocycles. The average molecular weight is 183 g/mol. The fraction of sp³-hybridized carbons (Fsp3) is 0.444. The normalized spacial score (nSPS) is 19.2. The first-order chi connectivity index (χ1) is 5.77. The van der Waals surface area contributed by atoms with Gasteiger partial charge in [-0.3, -0.25) is 4.98 Å². The fourth-order valence-corrected chi connectivity index (χ4v) is 1.52. The van der Waals surface area contributed by atoms with Crippen molar-refractivity contribution in [3.63, 3.8) is 0 Å². The fourth-order valence-electron chi connectivity index (χ4n) is 1.34. The summed E-state index contributed by atoms with van der Waals surface area (Å²) in [6.07, 6.45) is 5.92. The second-order valence-corrected chi connectivity index (χ2v) is 3.74. The second-order valence-electron chi connectivity index (χ2n) is 3.30. The van der Waals surface area contributed by atoms with Gasteiger partial charge in [0.05, 0.1) is 5.02 Å². The number of pyridine rings is 1. The lowest BCUT2D eigenvalue weighted by Gasteiger charge is -2.09. The quantitative estimate of drug-likeness (QED) is 0.761. The number of rotatable bonds is 2. The van der Waals surface area contributed by atoms with E-state index in [1.54, 1.807) is 12.4 Å². The summed E-state index contributed by atoms with van der Waals surface area (Å²) < 4.78 is 0. The van der Waals surface area contributed by atoms with Crippen LogP contribution < -0.4 is 5.73 Å². The van der Waals surface area contributed by atoms with Crippen LogP contribution >= 0.6 is 11.6 Å². The summed E-state index contributed by atoms with van der Waals surface area (Å²) in [4.78, 5) is 4.00. The lowest BCUT2D eigenvalue weighted by Crippen LogP contribution is -2.12. The van der Waals surface area contributed by atoms with Crippen molar-refractivity contribution < 1.29 is 0 Å². The number of nitrogens with zero attached hydrogens (tertiary/aromatic N) is 1. The molecule has 0 aliphatic heterocycles. The molecule has 0 spiro atoms. The van der Waals surface area contributed by atoms with Crippen LogP contribution in [0.1, 0.15) is 24.4 Å². The summed E-state index contributed by atoms with van der Waals surface area (Å²) in [5, 5.41) is 0.670. The van der Waals surface area contributed by atoms with Gasteiger partial charge in [-0.15, -0.1) is 0 Å². The summed E-state index contributed by atoms with van der Waals surface area (Å²) in [5.74, 6) is 0.658. The molecule has 2 rings (SSSR count). The van der Waals surface area contributed by atoms with Gasteiger partial charge in [-0.05, 0) is 30.4 Å². The van der Waals surface area contributed by atoms with Crippen molar-refractivity contribution in [3.8, 4) is 0 Å². The molecule has 3 heteroatoms. The van der Waals surface area contributed by atoms with Gasteiger partial charge in [0.2, 0.25) is 0 Å². The Balaban J connectivity index is 2.20. The minimum absolute atomic E-state index is 0.135. The van der Waals surface area contributed by atoms with Crippen LogP contribution in [0.15, 0.2) is 18.5 Å². The number of nitrogens with two attached hydrogens (primary N) is 1. The SMILES string of the molecule is N[C@@H](c1cncc(Cl)c1)C1CC1. The van der Waals surface area contributed by atoms with E-state index in [9.17, 15) is 0 Å². The summed E-state index contributed by atoms with van der Waals surface area (Å²) >= 11 is 5.80. The van der Waals surface area contributed by atoms with Gasteiger partial charge in [-0.1, -0.05) is 11.6 Å². The summed E-state index contributed by atoms with van der Waals surface area (Å²) in [6.45, 7) is 0. The third kappa shape index (κ3) is 1.59. The van der Waals surface area contributed by atoms with Gasteiger partial charge in [-0.2, -0.15) is 0 Å². The number of hydrogen-bond donors (Lipinski definition) is 1. The van der Waals surface area contributed by atoms with Crippen molar-refractivity contribution in [2.24, 2.45) is 11.7 Å². The molecule has 1 atom stereocenters. The van der Waals surface area contributed by atoms with E-state index >= 15 is 0 Å². The highest BCUT2D eigenvalue weighted by Crippen LogP contribution is 2.39. The van der Waals surface area contributed by atoms with Crippen molar-refractivity contribution in [2.75, 3.05) is 0 Å². The summed E-state index contributed by atoms with van der Waals surface area (Å²) in [6, 6.07) is 2.04. The highest BCUT2D eigenvalue weighted by Gasteiger charge is 2.29. The van der Waals surface area contributed by atoms with E-state index in [0.29, 0.717) is 10.9 Å². The topological polar surface area (TPSA) is 38.9 Å². The zero-order valence-corrected chi connectivity index (χ0v) is 7.46. The maximum absolute atomic E-state index is 5.97. The Morgan fingerprint density at radius 1 is 1.50 bits per heavy atom. The number of aromatic nitrogens is 1. The van der Waals surface area contributed by atoms with Gasteiger partial charge in [0.1, 0.15) is 0 Å². The van der Waals surface area contributed by atoms with E-state index in [4.69, 9.17) is 17.3 Å². The minimum Gasteiger partial charge on any atom is -0.324 e. The first-order valence-electron chi connectivity index (χ1n) is 4.13. The molecule has 1 saturated carbocycles. The van der Waals surface area contributed by atoms with Crippen LogP contribution in [0.5, 0.6) is 0 Å². The largest absolute Gasteiger partial charge is 0.324 e. The molecular weight excluding hydrogens is 172 g/mol. The molecule has 2 N–H and O–H groups in total. The Morgan fingerprint density at radius 3 is 2.83 bits per heavy atom. The van der Waals surface area contributed by atoms with Crippen molar-refractivity contribution in [2.45, 2.75) is 18.9 Å². The van der Waals surface area contributed by atoms with Gasteiger partial charge >= 0.3 is 0 Å². The molecule has 0 amide bonds. The summed E-state index contributed by atoms with van der Waals surface area (Å²) in [7, 11) is 0. The standard InChI is InChI=1S/C9H11ClN2/c10-8-3-7(4-12-5-8)9(11)6-1-2-6/h3-6,9H,1-2,11H2/t9-/m1/s1. The van der Waals surface area contributed by atoms with Crippen LogP contribution in [0.2, 0.25) is 5.02 Å². The Kier molecular flexibility index (Phi) is 2.03. The highest BCUT2D eigenvalue weighted by molar-refractivity contribution is 6.30. The molecule has 1 aromatic heterocycles. The number of halogens is 1. The minimum atomic E-state index is 0.135. The first-order valence-corrected chi connectivity index (χ1v) is 4.51. The van der Waals surface area contributed by atoms with E-state index in [1.165, 1.54) is 12.8 Å². The molecule has 1 aliphatic carbocycles. The van der Waals surface area contributed by atoms with E-state index in [0.717, 1.165) is 5.56 Å². The first kappa shape index (κ1) is 8.02. The van der Waals surface area contributed by atoms with Crippen molar-refractivity contribution >= 4 is 11.6 Å². The van der Waals surface area contributed by atoms with Crippen LogP contribution in [0.3, 0.4) is 0 Å². The molecule has 0 unspecified atom stereocenters. The van der Waals surface area contributed by atoms with Gasteiger partial charge in [0, 0.05) is 18.4 Å². The zero-order valence-electron chi connectivity index (χ0n) is 6.70. The van der Waals surface area contributed by atoms with Gasteiger partial charge < -0.3 is 5.73 Å². The molecule has 1 heterocycles. The van der Waals surface area contributed by atoms with Crippen molar-refractivity contribution in [3.05, 3.63) is 29.0 Å². The Bertz CT molecular complexity index is 284. The average Bonchev–Trinajstić information content (AvgIpc) is 2.85. The van der Waals surface area contributed by atoms with Crippen LogP contribution in [-0.4, -0.2) is 4.98 Å². The third-order valence-electron chi connectivity index (χ3n) is 2.24. The predicted molar refractivity (Wildman–Crippen MR) is 48.9 cm³/mol. The molecule has 1 aliphatic rings. The van der Waals surface area contributed by atoms with E-state index in [1.807, 2.05) is 6.07 Å². The lowest BCUT2D eigenvalue weighted by atomic mass is 10.1. The number of hydrogen-bond acceptors (Lipinski definition) is 2. The second kappa shape index (κ2) is 3.04. The van der Waals surface area contributed by atoms with Crippen LogP contribution in [-0.2, 0) is 0 Å². The monoisotopic (exact) mass is 182 g/mol. The molecular formula is C9H11ClN2. The molecule has 1 fully saturated rings. The third-order valence-corrected chi connectivity index (χ3v) is 2.45. The van der Waals surface area contributed by atoms with E-state index < -0.39 is 0 Å². The van der Waals surface area contributed by atoms with Crippen LogP contribution in [0.4, 0.5) is 0 Å². The van der Waals surface area contributed by atoms with Crippen molar-refractivity contribution in [1.82, 2.24) is 4.98 Å². The molecule has 12 heavy (non-hydrogen) atoms. The Hall–Kier alpha value is -0.600. The molecule has 0 aromatic carbocycles. The predicted octanol–water partition coefficient (Wildman–Crippen LogP) is 2.14. The molecule has 0 radical (unpaired) electrons. The Morgan fingerprint density at radius 2 is 2.25 bits per heavy atom. The molecule has 64 valence electrons. The van der Waals surface area contributed by atoms with E-state index in [2.05, 4.69) is 4.98 Å². The van der Waals surface area contributed by atoms with Gasteiger partial charge in [0.15, 0.2) is 0 Å². The maximum Gasteiger partial charge on any atom is 0.0592 e. The molecule has 2 nitrogen and oxygen atoms in total. The Labute approximate surface area is 76.7 Å². The highest BCUT2D eigenvalue weighted by atomic mass is 35.5. The van der Waals surface area contributed by atoms with Crippen LogP contribution in [0, 0.1) is 5.92 Å².